The van der Waals surface area contributed by atoms with Crippen molar-refractivity contribution in [2.24, 2.45) is 0 Å². The van der Waals surface area contributed by atoms with Crippen molar-refractivity contribution in [1.29, 1.82) is 0 Å². The molecule has 1 rings (SSSR count). The first-order valence-electron chi connectivity index (χ1n) is 5.55. The molecule has 0 aromatic heterocycles. The van der Waals surface area contributed by atoms with E-state index >= 15 is 0 Å². The van der Waals surface area contributed by atoms with E-state index in [1.807, 2.05) is 20.8 Å². The molecule has 0 radical (unpaired) electrons. The minimum Gasteiger partial charge on any atom is -0.357 e. The maximum atomic E-state index is 9.98. The number of rotatable bonds is 4. The summed E-state index contributed by atoms with van der Waals surface area (Å²) in [6.07, 6.45) is 4.42. The van der Waals surface area contributed by atoms with Crippen LogP contribution in [-0.2, 0) is 4.74 Å². The Morgan fingerprint density at radius 2 is 1.93 bits per heavy atom. The number of hydrogen-bond acceptors (Lipinski definition) is 3. The van der Waals surface area contributed by atoms with Crippen molar-refractivity contribution < 1.29 is 9.94 Å². The van der Waals surface area contributed by atoms with Crippen LogP contribution in [0.3, 0.4) is 0 Å². The normalized spacial score (nSPS) is 32.4. The van der Waals surface area contributed by atoms with Crippen LogP contribution >= 0.6 is 0 Å². The predicted octanol–water partition coefficient (Wildman–Crippen LogP) is 2.78. The van der Waals surface area contributed by atoms with Gasteiger partial charge in [0.15, 0.2) is 0 Å². The molecule has 1 atom stereocenters. The monoisotopic (exact) mass is 201 g/mol. The molecule has 0 spiro atoms. The number of nitrogens with zero attached hydrogens (tertiary/aromatic N) is 1. The van der Waals surface area contributed by atoms with Gasteiger partial charge in [-0.1, -0.05) is 19.8 Å². The summed E-state index contributed by atoms with van der Waals surface area (Å²) in [5, 5.41) is 11.4. The lowest BCUT2D eigenvalue weighted by Gasteiger charge is -2.34. The lowest BCUT2D eigenvalue weighted by molar-refractivity contribution is -0.244. The Kier molecular flexibility index (Phi) is 3.56. The predicted molar refractivity (Wildman–Crippen MR) is 56.2 cm³/mol. The second kappa shape index (κ2) is 4.17. The molecule has 1 unspecified atom stereocenters. The van der Waals surface area contributed by atoms with Gasteiger partial charge in [-0.3, -0.25) is 0 Å². The van der Waals surface area contributed by atoms with Gasteiger partial charge in [0.1, 0.15) is 5.72 Å². The Morgan fingerprint density at radius 3 is 2.36 bits per heavy atom. The van der Waals surface area contributed by atoms with Crippen molar-refractivity contribution in [2.75, 3.05) is 6.61 Å². The Bertz CT molecular complexity index is 194. The fourth-order valence-electron chi connectivity index (χ4n) is 1.98. The van der Waals surface area contributed by atoms with Crippen LogP contribution in [0.1, 0.15) is 53.4 Å². The average molecular weight is 201 g/mol. The summed E-state index contributed by atoms with van der Waals surface area (Å²) >= 11 is 0. The van der Waals surface area contributed by atoms with Gasteiger partial charge in [-0.15, -0.1) is 0 Å². The van der Waals surface area contributed by atoms with E-state index in [1.54, 1.807) is 0 Å². The van der Waals surface area contributed by atoms with Crippen LogP contribution < -0.4 is 0 Å². The summed E-state index contributed by atoms with van der Waals surface area (Å²) in [7, 11) is 0. The first-order chi connectivity index (χ1) is 6.42. The molecule has 1 heterocycles. The van der Waals surface area contributed by atoms with Gasteiger partial charge in [-0.05, 0) is 33.6 Å². The summed E-state index contributed by atoms with van der Waals surface area (Å²) in [5.41, 5.74) is -0.723. The summed E-state index contributed by atoms with van der Waals surface area (Å²) in [4.78, 5) is 0. The Hall–Kier alpha value is -0.120. The number of hydrogen-bond donors (Lipinski definition) is 1. The third-order valence-electron chi connectivity index (χ3n) is 3.00. The van der Waals surface area contributed by atoms with Gasteiger partial charge in [0, 0.05) is 0 Å². The van der Waals surface area contributed by atoms with Gasteiger partial charge in [0.2, 0.25) is 0 Å². The van der Waals surface area contributed by atoms with Crippen LogP contribution in [0.4, 0.5) is 0 Å². The van der Waals surface area contributed by atoms with E-state index in [2.05, 4.69) is 6.92 Å². The molecule has 0 aromatic carbocycles. The molecule has 1 aliphatic heterocycles. The third kappa shape index (κ3) is 2.27. The van der Waals surface area contributed by atoms with Crippen LogP contribution in [0.5, 0.6) is 0 Å². The average Bonchev–Trinajstić information content (AvgIpc) is 2.32. The molecule has 1 aliphatic rings. The van der Waals surface area contributed by atoms with Gasteiger partial charge in [0.05, 0.1) is 12.1 Å². The molecule has 0 amide bonds. The van der Waals surface area contributed by atoms with Gasteiger partial charge < -0.3 is 9.94 Å². The maximum Gasteiger partial charge on any atom is 0.141 e. The highest BCUT2D eigenvalue weighted by Crippen LogP contribution is 2.36. The van der Waals surface area contributed by atoms with E-state index in [0.29, 0.717) is 6.61 Å². The Morgan fingerprint density at radius 1 is 1.29 bits per heavy atom. The summed E-state index contributed by atoms with van der Waals surface area (Å²) in [6.45, 7) is 8.75. The maximum absolute atomic E-state index is 9.98. The van der Waals surface area contributed by atoms with Gasteiger partial charge in [-0.25, -0.2) is 0 Å². The molecule has 0 saturated carbocycles. The van der Waals surface area contributed by atoms with Crippen molar-refractivity contribution in [2.45, 2.75) is 64.6 Å². The van der Waals surface area contributed by atoms with Crippen molar-refractivity contribution in [3.63, 3.8) is 0 Å². The highest BCUT2D eigenvalue weighted by molar-refractivity contribution is 4.90. The molecule has 1 N–H and O–H groups in total. The number of unbranched alkanes of at least 4 members (excludes halogenated alkanes) is 2. The summed E-state index contributed by atoms with van der Waals surface area (Å²) in [5.74, 6) is 0. The van der Waals surface area contributed by atoms with Crippen LogP contribution in [0.15, 0.2) is 0 Å². The number of hydroxylamine groups is 2. The van der Waals surface area contributed by atoms with Crippen molar-refractivity contribution in [3.8, 4) is 0 Å². The molecule has 0 aromatic rings. The summed E-state index contributed by atoms with van der Waals surface area (Å²) < 4.78 is 5.69. The van der Waals surface area contributed by atoms with Crippen LogP contribution in [-0.4, -0.2) is 28.1 Å². The minimum atomic E-state index is -0.474. The zero-order chi connectivity index (χ0) is 10.8. The van der Waals surface area contributed by atoms with Crippen LogP contribution in [0.2, 0.25) is 0 Å². The minimum absolute atomic E-state index is 0.249. The first-order valence-corrected chi connectivity index (χ1v) is 5.55. The van der Waals surface area contributed by atoms with E-state index in [9.17, 15) is 5.21 Å². The first kappa shape index (κ1) is 12.0. The number of ether oxygens (including phenoxy) is 1. The molecule has 0 aliphatic carbocycles. The fourth-order valence-corrected chi connectivity index (χ4v) is 1.98. The molecule has 1 fully saturated rings. The second-order valence-corrected chi connectivity index (χ2v) is 5.05. The summed E-state index contributed by atoms with van der Waals surface area (Å²) in [6, 6.07) is 0. The van der Waals surface area contributed by atoms with E-state index in [4.69, 9.17) is 4.74 Å². The quantitative estimate of drug-likeness (QED) is 0.710. The van der Waals surface area contributed by atoms with E-state index in [0.717, 1.165) is 12.8 Å². The lowest BCUT2D eigenvalue weighted by atomic mass is 10.0. The van der Waals surface area contributed by atoms with Crippen molar-refractivity contribution in [3.05, 3.63) is 0 Å². The Balaban J connectivity index is 2.50. The van der Waals surface area contributed by atoms with E-state index in [-0.39, 0.29) is 5.54 Å². The third-order valence-corrected chi connectivity index (χ3v) is 3.00. The van der Waals surface area contributed by atoms with Crippen LogP contribution in [0, 0.1) is 0 Å². The topological polar surface area (TPSA) is 32.7 Å². The molecule has 0 bridgehead atoms. The van der Waals surface area contributed by atoms with Crippen LogP contribution in [0.25, 0.3) is 0 Å². The van der Waals surface area contributed by atoms with Gasteiger partial charge in [0.25, 0.3) is 0 Å². The van der Waals surface area contributed by atoms with Crippen molar-refractivity contribution in [1.82, 2.24) is 5.06 Å². The van der Waals surface area contributed by atoms with Gasteiger partial charge >= 0.3 is 0 Å². The van der Waals surface area contributed by atoms with Crippen molar-refractivity contribution >= 4 is 0 Å². The van der Waals surface area contributed by atoms with E-state index < -0.39 is 5.72 Å². The fraction of sp³-hybridized carbons (Fsp3) is 1.00. The highest BCUT2D eigenvalue weighted by Gasteiger charge is 2.47. The Labute approximate surface area is 87.0 Å². The zero-order valence-corrected chi connectivity index (χ0v) is 9.84. The molecule has 3 heteroatoms. The zero-order valence-electron chi connectivity index (χ0n) is 9.84. The highest BCUT2D eigenvalue weighted by atomic mass is 16.6. The SMILES string of the molecule is CCCCCC1(C)OCC(C)(C)N1O. The van der Waals surface area contributed by atoms with Gasteiger partial charge in [-0.2, -0.15) is 5.06 Å². The smallest absolute Gasteiger partial charge is 0.141 e. The lowest BCUT2D eigenvalue weighted by Crippen LogP contribution is -2.48. The molecular weight excluding hydrogens is 178 g/mol. The largest absolute Gasteiger partial charge is 0.357 e. The molecular formula is C11H23NO2. The molecule has 84 valence electrons. The molecule has 3 nitrogen and oxygen atoms in total. The van der Waals surface area contributed by atoms with E-state index in [1.165, 1.54) is 17.9 Å². The standard InChI is InChI=1S/C11H23NO2/c1-5-6-7-8-11(4)12(13)10(2,3)9-14-11/h13H,5-9H2,1-4H3. The molecule has 1 saturated heterocycles. The second-order valence-electron chi connectivity index (χ2n) is 5.05. The molecule has 14 heavy (non-hydrogen) atoms.